The maximum Gasteiger partial charge on any atom is 0.259 e. The van der Waals surface area contributed by atoms with Crippen molar-refractivity contribution < 1.29 is 14.3 Å². The smallest absolute Gasteiger partial charge is 0.259 e. The lowest BCUT2D eigenvalue weighted by Gasteiger charge is -2.12. The quantitative estimate of drug-likeness (QED) is 0.661. The third-order valence-electron chi connectivity index (χ3n) is 4.22. The van der Waals surface area contributed by atoms with E-state index in [1.54, 1.807) is 37.4 Å². The molecule has 3 aromatic carbocycles. The summed E-state index contributed by atoms with van der Waals surface area (Å²) in [5, 5.41) is 5.46. The summed E-state index contributed by atoms with van der Waals surface area (Å²) < 4.78 is 5.85. The molecule has 0 aromatic heterocycles. The molecule has 142 valence electrons. The van der Waals surface area contributed by atoms with Gasteiger partial charge in [-0.1, -0.05) is 54.6 Å². The minimum absolute atomic E-state index is 0.0544. The molecule has 0 radical (unpaired) electrons. The van der Waals surface area contributed by atoms with Gasteiger partial charge in [0.25, 0.3) is 5.91 Å². The number of hydrogen-bond donors (Lipinski definition) is 2. The van der Waals surface area contributed by atoms with Gasteiger partial charge in [0.15, 0.2) is 0 Å². The summed E-state index contributed by atoms with van der Waals surface area (Å²) in [6, 6.07) is 24.2. The monoisotopic (exact) mass is 374 g/mol. The molecule has 0 spiro atoms. The number of amides is 2. The Balaban J connectivity index is 1.66. The first-order valence-corrected chi connectivity index (χ1v) is 9.02. The van der Waals surface area contributed by atoms with Crippen molar-refractivity contribution in [2.45, 2.75) is 13.0 Å². The molecule has 28 heavy (non-hydrogen) atoms. The Hall–Kier alpha value is -3.60. The van der Waals surface area contributed by atoms with Gasteiger partial charge in [0.05, 0.1) is 12.0 Å². The SMILES string of the molecule is CNC(=O)Cc1ccc(NC(=O)c2ccccc2OCc2ccccc2)cc1. The fraction of sp³-hybridized carbons (Fsp3) is 0.130. The van der Waals surface area contributed by atoms with Gasteiger partial charge in [-0.3, -0.25) is 9.59 Å². The molecule has 5 nitrogen and oxygen atoms in total. The van der Waals surface area contributed by atoms with E-state index in [2.05, 4.69) is 10.6 Å². The van der Waals surface area contributed by atoms with Crippen LogP contribution in [0.15, 0.2) is 78.9 Å². The molecule has 0 saturated carbocycles. The van der Waals surface area contributed by atoms with E-state index in [0.29, 0.717) is 30.0 Å². The van der Waals surface area contributed by atoms with Crippen LogP contribution in [0.3, 0.4) is 0 Å². The molecule has 0 atom stereocenters. The van der Waals surface area contributed by atoms with E-state index in [0.717, 1.165) is 11.1 Å². The van der Waals surface area contributed by atoms with Gasteiger partial charge in [-0.05, 0) is 35.4 Å². The first kappa shape index (κ1) is 19.2. The van der Waals surface area contributed by atoms with Gasteiger partial charge < -0.3 is 15.4 Å². The highest BCUT2D eigenvalue weighted by Crippen LogP contribution is 2.21. The maximum atomic E-state index is 12.7. The minimum atomic E-state index is -0.247. The molecule has 0 unspecified atom stereocenters. The van der Waals surface area contributed by atoms with Crippen molar-refractivity contribution in [2.24, 2.45) is 0 Å². The normalized spacial score (nSPS) is 10.2. The molecule has 3 aromatic rings. The number of ether oxygens (including phenoxy) is 1. The Labute approximate surface area is 164 Å². The summed E-state index contributed by atoms with van der Waals surface area (Å²) in [7, 11) is 1.61. The van der Waals surface area contributed by atoms with E-state index in [-0.39, 0.29) is 11.8 Å². The average molecular weight is 374 g/mol. The van der Waals surface area contributed by atoms with Crippen LogP contribution in [-0.4, -0.2) is 18.9 Å². The summed E-state index contributed by atoms with van der Waals surface area (Å²) in [5.41, 5.74) is 3.03. The Morgan fingerprint density at radius 1 is 0.821 bits per heavy atom. The van der Waals surface area contributed by atoms with Gasteiger partial charge in [-0.25, -0.2) is 0 Å². The molecule has 0 saturated heterocycles. The largest absolute Gasteiger partial charge is 0.488 e. The predicted molar refractivity (Wildman–Crippen MR) is 109 cm³/mol. The average Bonchev–Trinajstić information content (AvgIpc) is 2.74. The van der Waals surface area contributed by atoms with Crippen molar-refractivity contribution in [2.75, 3.05) is 12.4 Å². The molecule has 0 aliphatic carbocycles. The van der Waals surface area contributed by atoms with Crippen molar-refractivity contribution in [1.29, 1.82) is 0 Å². The van der Waals surface area contributed by atoms with Crippen LogP contribution >= 0.6 is 0 Å². The molecule has 0 aliphatic heterocycles. The molecule has 0 aliphatic rings. The van der Waals surface area contributed by atoms with E-state index in [1.165, 1.54) is 0 Å². The van der Waals surface area contributed by atoms with Gasteiger partial charge in [-0.15, -0.1) is 0 Å². The lowest BCUT2D eigenvalue weighted by molar-refractivity contribution is -0.119. The van der Waals surface area contributed by atoms with Crippen molar-refractivity contribution in [3.05, 3.63) is 95.6 Å². The molecule has 0 heterocycles. The van der Waals surface area contributed by atoms with E-state index in [4.69, 9.17) is 4.74 Å². The lowest BCUT2D eigenvalue weighted by atomic mass is 10.1. The fourth-order valence-corrected chi connectivity index (χ4v) is 2.69. The zero-order valence-electron chi connectivity index (χ0n) is 15.6. The lowest BCUT2D eigenvalue weighted by Crippen LogP contribution is -2.19. The molecule has 2 N–H and O–H groups in total. The van der Waals surface area contributed by atoms with Crippen LogP contribution in [0.1, 0.15) is 21.5 Å². The second-order valence-corrected chi connectivity index (χ2v) is 6.27. The first-order chi connectivity index (χ1) is 13.7. The van der Waals surface area contributed by atoms with Crippen molar-refractivity contribution >= 4 is 17.5 Å². The van der Waals surface area contributed by atoms with Crippen LogP contribution < -0.4 is 15.4 Å². The van der Waals surface area contributed by atoms with Gasteiger partial charge in [0.2, 0.25) is 5.91 Å². The summed E-state index contributed by atoms with van der Waals surface area (Å²) in [5.74, 6) is 0.226. The number of nitrogens with one attached hydrogen (secondary N) is 2. The number of benzene rings is 3. The summed E-state index contributed by atoms with van der Waals surface area (Å²) in [6.45, 7) is 0.388. The molecule has 0 bridgehead atoms. The highest BCUT2D eigenvalue weighted by Gasteiger charge is 2.13. The summed E-state index contributed by atoms with van der Waals surface area (Å²) in [6.07, 6.45) is 0.306. The van der Waals surface area contributed by atoms with E-state index >= 15 is 0 Å². The standard InChI is InChI=1S/C23H22N2O3/c1-24-22(26)15-17-11-13-19(14-12-17)25-23(27)20-9-5-6-10-21(20)28-16-18-7-3-2-4-8-18/h2-14H,15-16H2,1H3,(H,24,26)(H,25,27). The molecule has 3 rings (SSSR count). The van der Waals surface area contributed by atoms with Gasteiger partial charge in [-0.2, -0.15) is 0 Å². The first-order valence-electron chi connectivity index (χ1n) is 9.02. The molecule has 0 fully saturated rings. The number of carbonyl (C=O) groups excluding carboxylic acids is 2. The zero-order valence-corrected chi connectivity index (χ0v) is 15.6. The van der Waals surface area contributed by atoms with Crippen molar-refractivity contribution in [3.63, 3.8) is 0 Å². The summed E-state index contributed by atoms with van der Waals surface area (Å²) >= 11 is 0. The Morgan fingerprint density at radius 2 is 1.50 bits per heavy atom. The fourth-order valence-electron chi connectivity index (χ4n) is 2.69. The van der Waals surface area contributed by atoms with Crippen LogP contribution in [0.5, 0.6) is 5.75 Å². The van der Waals surface area contributed by atoms with Crippen molar-refractivity contribution in [1.82, 2.24) is 5.32 Å². The van der Waals surface area contributed by atoms with Crippen LogP contribution in [-0.2, 0) is 17.8 Å². The number of para-hydroxylation sites is 1. The van der Waals surface area contributed by atoms with E-state index in [9.17, 15) is 9.59 Å². The van der Waals surface area contributed by atoms with Crippen LogP contribution in [0.25, 0.3) is 0 Å². The zero-order chi connectivity index (χ0) is 19.8. The van der Waals surface area contributed by atoms with Crippen molar-refractivity contribution in [3.8, 4) is 5.75 Å². The van der Waals surface area contributed by atoms with Crippen LogP contribution in [0.2, 0.25) is 0 Å². The highest BCUT2D eigenvalue weighted by molar-refractivity contribution is 6.06. The van der Waals surface area contributed by atoms with Crippen LogP contribution in [0.4, 0.5) is 5.69 Å². The van der Waals surface area contributed by atoms with E-state index in [1.807, 2.05) is 48.5 Å². The van der Waals surface area contributed by atoms with Crippen LogP contribution in [0, 0.1) is 0 Å². The Bertz CT molecular complexity index is 938. The van der Waals surface area contributed by atoms with E-state index < -0.39 is 0 Å². The second kappa shape index (κ2) is 9.37. The van der Waals surface area contributed by atoms with Gasteiger partial charge in [0, 0.05) is 12.7 Å². The number of hydrogen-bond acceptors (Lipinski definition) is 3. The maximum absolute atomic E-state index is 12.7. The molecular formula is C23H22N2O3. The third-order valence-corrected chi connectivity index (χ3v) is 4.22. The third kappa shape index (κ3) is 5.20. The number of rotatable bonds is 7. The highest BCUT2D eigenvalue weighted by atomic mass is 16.5. The number of likely N-dealkylation sites (N-methyl/N-ethyl adjacent to an activating group) is 1. The molecule has 2 amide bonds. The minimum Gasteiger partial charge on any atom is -0.488 e. The molecule has 5 heteroatoms. The van der Waals surface area contributed by atoms with Gasteiger partial charge in [0.1, 0.15) is 12.4 Å². The number of carbonyl (C=O) groups is 2. The number of anilines is 1. The van der Waals surface area contributed by atoms with Gasteiger partial charge >= 0.3 is 0 Å². The second-order valence-electron chi connectivity index (χ2n) is 6.27. The molecular weight excluding hydrogens is 352 g/mol. The summed E-state index contributed by atoms with van der Waals surface area (Å²) in [4.78, 5) is 24.1. The topological polar surface area (TPSA) is 67.4 Å². The Kier molecular flexibility index (Phi) is 6.41. The Morgan fingerprint density at radius 3 is 2.21 bits per heavy atom. The predicted octanol–water partition coefficient (Wildman–Crippen LogP) is 3.81.